The Morgan fingerprint density at radius 2 is 1.82 bits per heavy atom. The molecule has 212 valence electrons. The van der Waals surface area contributed by atoms with Gasteiger partial charge in [0.1, 0.15) is 0 Å². The molecule has 1 aromatic rings. The highest BCUT2D eigenvalue weighted by atomic mass is 19.3. The van der Waals surface area contributed by atoms with Gasteiger partial charge in [-0.05, 0) is 26.8 Å². The monoisotopic (exact) mass is 537 g/mol. The number of nitrogens with zero attached hydrogens (tertiary/aromatic N) is 5. The number of carbonyl (C=O) groups excluding carboxylic acids is 1. The number of pyridine rings is 1. The summed E-state index contributed by atoms with van der Waals surface area (Å²) in [6.45, 7) is 14.3. The van der Waals surface area contributed by atoms with Crippen molar-refractivity contribution >= 4 is 17.7 Å². The van der Waals surface area contributed by atoms with Gasteiger partial charge in [0, 0.05) is 73.9 Å². The van der Waals surface area contributed by atoms with Crippen molar-refractivity contribution in [3.05, 3.63) is 23.5 Å². The van der Waals surface area contributed by atoms with E-state index in [0.29, 0.717) is 44.2 Å². The number of hydrogen-bond acceptors (Lipinski definition) is 6. The van der Waals surface area contributed by atoms with Crippen LogP contribution in [0.3, 0.4) is 0 Å². The van der Waals surface area contributed by atoms with Gasteiger partial charge in [-0.15, -0.1) is 0 Å². The van der Waals surface area contributed by atoms with Gasteiger partial charge in [0.05, 0.1) is 31.1 Å². The smallest absolute Gasteiger partial charge is 0.407 e. The SMILES string of the molecule is CCC(F)(F)c1cnc2c(c1)N(C(=O)CN1C[C@@H](C)N(C(=O)O)C[C@@H]1CN1[C@H](C)COC[C@H]1C)CC2(C)C. The van der Waals surface area contributed by atoms with Gasteiger partial charge in [-0.3, -0.25) is 19.6 Å². The number of aromatic nitrogens is 1. The number of rotatable bonds is 6. The summed E-state index contributed by atoms with van der Waals surface area (Å²) in [5, 5.41) is 9.79. The molecule has 2 fully saturated rings. The van der Waals surface area contributed by atoms with Crippen molar-refractivity contribution in [2.45, 2.75) is 83.5 Å². The van der Waals surface area contributed by atoms with Crippen LogP contribution >= 0.6 is 0 Å². The molecule has 0 saturated carbocycles. The number of hydrogen-bond donors (Lipinski definition) is 1. The molecule has 1 aromatic heterocycles. The Balaban J connectivity index is 1.59. The van der Waals surface area contributed by atoms with Gasteiger partial charge in [0.25, 0.3) is 5.92 Å². The van der Waals surface area contributed by atoms with E-state index >= 15 is 0 Å². The maximum atomic E-state index is 14.5. The van der Waals surface area contributed by atoms with Gasteiger partial charge >= 0.3 is 6.09 Å². The third-order valence-electron chi connectivity index (χ3n) is 8.33. The fourth-order valence-corrected chi connectivity index (χ4v) is 6.00. The van der Waals surface area contributed by atoms with E-state index in [1.54, 1.807) is 4.90 Å². The highest BCUT2D eigenvalue weighted by Crippen LogP contribution is 2.42. The van der Waals surface area contributed by atoms with Crippen LogP contribution in [0.2, 0.25) is 0 Å². The van der Waals surface area contributed by atoms with Crippen LogP contribution in [0.15, 0.2) is 12.3 Å². The highest BCUT2D eigenvalue weighted by Gasteiger charge is 2.43. The van der Waals surface area contributed by atoms with Crippen LogP contribution in [-0.4, -0.2) is 107 Å². The maximum Gasteiger partial charge on any atom is 0.407 e. The number of fused-ring (bicyclic) bond motifs is 1. The Hall–Kier alpha value is -2.37. The van der Waals surface area contributed by atoms with E-state index in [9.17, 15) is 23.5 Å². The van der Waals surface area contributed by atoms with Crippen molar-refractivity contribution in [2.75, 3.05) is 50.8 Å². The van der Waals surface area contributed by atoms with Crippen molar-refractivity contribution in [2.24, 2.45) is 0 Å². The average Bonchev–Trinajstić information content (AvgIpc) is 3.12. The molecule has 2 saturated heterocycles. The van der Waals surface area contributed by atoms with Crippen LogP contribution in [0.5, 0.6) is 0 Å². The number of carboxylic acid groups (broad SMARTS) is 1. The summed E-state index contributed by atoms with van der Waals surface area (Å²) in [5.74, 6) is -3.22. The first-order valence-corrected chi connectivity index (χ1v) is 13.5. The molecule has 0 aromatic carbocycles. The van der Waals surface area contributed by atoms with Gasteiger partial charge < -0.3 is 19.6 Å². The number of alkyl halides is 2. The second-order valence-electron chi connectivity index (χ2n) is 11.8. The predicted molar refractivity (Wildman–Crippen MR) is 140 cm³/mol. The van der Waals surface area contributed by atoms with Crippen LogP contribution in [-0.2, 0) is 20.9 Å². The standard InChI is InChI=1S/C27H41F2N5O4/c1-7-27(28,29)20-8-22-24(30-9-20)26(5,6)16-34(22)23(35)13-31-10-17(2)33(25(36)37)12-21(31)11-32-18(3)14-38-15-19(32)4/h8-9,17-19,21H,7,10-16H2,1-6H3,(H,36,37)/t17-,18-,19-,21+/m1/s1. The first-order chi connectivity index (χ1) is 17.7. The third kappa shape index (κ3) is 5.51. The zero-order chi connectivity index (χ0) is 28.0. The van der Waals surface area contributed by atoms with Crippen LogP contribution in [0, 0.1) is 0 Å². The Morgan fingerprint density at radius 3 is 2.42 bits per heavy atom. The van der Waals surface area contributed by atoms with Crippen LogP contribution < -0.4 is 4.90 Å². The number of piperazine rings is 1. The topological polar surface area (TPSA) is 89.5 Å². The molecular weight excluding hydrogens is 496 g/mol. The predicted octanol–water partition coefficient (Wildman–Crippen LogP) is 3.37. The van der Waals surface area contributed by atoms with Gasteiger partial charge in [-0.1, -0.05) is 20.8 Å². The molecule has 38 heavy (non-hydrogen) atoms. The van der Waals surface area contributed by atoms with Crippen molar-refractivity contribution < 1.29 is 28.2 Å². The van der Waals surface area contributed by atoms with Gasteiger partial charge in [-0.25, -0.2) is 13.6 Å². The fourth-order valence-electron chi connectivity index (χ4n) is 6.00. The summed E-state index contributed by atoms with van der Waals surface area (Å²) >= 11 is 0. The first kappa shape index (κ1) is 28.6. The lowest BCUT2D eigenvalue weighted by Gasteiger charge is -2.48. The second-order valence-corrected chi connectivity index (χ2v) is 11.8. The quantitative estimate of drug-likeness (QED) is 0.595. The molecule has 4 heterocycles. The number of anilines is 1. The van der Waals surface area contributed by atoms with Crippen LogP contribution in [0.25, 0.3) is 0 Å². The first-order valence-electron chi connectivity index (χ1n) is 13.5. The maximum absolute atomic E-state index is 14.5. The molecule has 0 aliphatic carbocycles. The molecule has 0 spiro atoms. The Bertz CT molecular complexity index is 1040. The van der Waals surface area contributed by atoms with E-state index in [1.165, 1.54) is 24.1 Å². The van der Waals surface area contributed by atoms with Crippen molar-refractivity contribution in [1.82, 2.24) is 19.7 Å². The van der Waals surface area contributed by atoms with Crippen LogP contribution in [0.1, 0.15) is 59.2 Å². The third-order valence-corrected chi connectivity index (χ3v) is 8.33. The molecule has 11 heteroatoms. The van der Waals surface area contributed by atoms with Crippen LogP contribution in [0.4, 0.5) is 19.3 Å². The fraction of sp³-hybridized carbons (Fsp3) is 0.741. The van der Waals surface area contributed by atoms with E-state index in [2.05, 4.69) is 28.6 Å². The Labute approximate surface area is 223 Å². The molecule has 0 unspecified atom stereocenters. The van der Waals surface area contributed by atoms with E-state index < -0.39 is 17.4 Å². The number of ether oxygens (including phenoxy) is 1. The van der Waals surface area contributed by atoms with Gasteiger partial charge in [0.15, 0.2) is 0 Å². The summed E-state index contributed by atoms with van der Waals surface area (Å²) in [5.41, 5.74) is 0.414. The van der Waals surface area contributed by atoms with Crippen molar-refractivity contribution in [3.63, 3.8) is 0 Å². The normalized spacial score (nSPS) is 28.4. The van der Waals surface area contributed by atoms with Gasteiger partial charge in [0.2, 0.25) is 5.91 Å². The molecule has 3 aliphatic rings. The number of morpholine rings is 1. The molecule has 9 nitrogen and oxygen atoms in total. The zero-order valence-corrected chi connectivity index (χ0v) is 23.3. The van der Waals surface area contributed by atoms with E-state index in [4.69, 9.17) is 4.74 Å². The lowest BCUT2D eigenvalue weighted by molar-refractivity contribution is -0.122. The highest BCUT2D eigenvalue weighted by molar-refractivity contribution is 5.97. The minimum absolute atomic E-state index is 0.0689. The van der Waals surface area contributed by atoms with E-state index in [1.807, 2.05) is 20.8 Å². The number of carbonyl (C=O) groups is 2. The van der Waals surface area contributed by atoms with Crippen molar-refractivity contribution in [3.8, 4) is 0 Å². The minimum Gasteiger partial charge on any atom is -0.465 e. The lowest BCUT2D eigenvalue weighted by atomic mass is 9.91. The summed E-state index contributed by atoms with van der Waals surface area (Å²) in [4.78, 5) is 37.5. The summed E-state index contributed by atoms with van der Waals surface area (Å²) in [7, 11) is 0. The summed E-state index contributed by atoms with van der Waals surface area (Å²) < 4.78 is 34.7. The molecule has 2 amide bonds. The van der Waals surface area contributed by atoms with E-state index in [0.717, 1.165) is 0 Å². The molecule has 0 radical (unpaired) electrons. The second kappa shape index (κ2) is 10.7. The molecule has 3 aliphatic heterocycles. The number of halogens is 2. The van der Waals surface area contributed by atoms with Crippen molar-refractivity contribution in [1.29, 1.82) is 0 Å². The summed E-state index contributed by atoms with van der Waals surface area (Å²) in [6, 6.07) is 1.28. The molecule has 4 rings (SSSR count). The molecule has 4 atom stereocenters. The number of amides is 2. The zero-order valence-electron chi connectivity index (χ0n) is 23.3. The lowest BCUT2D eigenvalue weighted by Crippen LogP contribution is -2.64. The minimum atomic E-state index is -3.03. The molecule has 1 N–H and O–H groups in total. The Morgan fingerprint density at radius 1 is 1.16 bits per heavy atom. The molecular formula is C27H41F2N5O4. The molecule has 0 bridgehead atoms. The van der Waals surface area contributed by atoms with E-state index in [-0.39, 0.29) is 55.1 Å². The average molecular weight is 538 g/mol. The van der Waals surface area contributed by atoms with Gasteiger partial charge in [-0.2, -0.15) is 0 Å². The Kier molecular flexibility index (Phi) is 8.03. The summed E-state index contributed by atoms with van der Waals surface area (Å²) in [6.07, 6.45) is -0.0930. The largest absolute Gasteiger partial charge is 0.465 e.